The maximum absolute atomic E-state index is 11.9. The molecule has 21 heavy (non-hydrogen) atoms. The lowest BCUT2D eigenvalue weighted by Crippen LogP contribution is -2.34. The number of hydrogen-bond acceptors (Lipinski definition) is 4. The minimum absolute atomic E-state index is 0.170. The Morgan fingerprint density at radius 1 is 1.38 bits per heavy atom. The van der Waals surface area contributed by atoms with E-state index >= 15 is 0 Å². The first kappa shape index (κ1) is 17.3. The van der Waals surface area contributed by atoms with Crippen LogP contribution in [0.4, 0.5) is 0 Å². The van der Waals surface area contributed by atoms with Crippen LogP contribution < -0.4 is 11.1 Å². The molecule has 0 radical (unpaired) electrons. The van der Waals surface area contributed by atoms with Crippen molar-refractivity contribution in [2.45, 2.75) is 32.6 Å². The molecule has 0 saturated carbocycles. The summed E-state index contributed by atoms with van der Waals surface area (Å²) in [5.74, 6) is -0.139. The van der Waals surface area contributed by atoms with Crippen LogP contribution in [0.3, 0.4) is 0 Å². The Hall–Kier alpha value is -1.79. The van der Waals surface area contributed by atoms with Gasteiger partial charge in [-0.05, 0) is 25.5 Å². The van der Waals surface area contributed by atoms with Gasteiger partial charge in [-0.3, -0.25) is 4.79 Å². The molecule has 3 N–H and O–H groups in total. The Labute approximate surface area is 129 Å². The number of carbonyl (C=O) groups excluding carboxylic acids is 1. The van der Waals surface area contributed by atoms with E-state index in [2.05, 4.69) is 10.5 Å². The molecule has 0 spiro atoms. The summed E-state index contributed by atoms with van der Waals surface area (Å²) in [5, 5.41) is 6.99. The number of rotatable bonds is 7. The number of hydrogen-bond donors (Lipinski definition) is 2. The highest BCUT2D eigenvalue weighted by Crippen LogP contribution is 2.14. The van der Waals surface area contributed by atoms with Crippen LogP contribution >= 0.6 is 11.6 Å². The Kier molecular flexibility index (Phi) is 6.98. The van der Waals surface area contributed by atoms with Gasteiger partial charge in [0.05, 0.1) is 0 Å². The molecule has 116 valence electrons. The number of methoxy groups -OCH3 is 1. The smallest absolute Gasteiger partial charge is 0.263 e. The molecule has 1 rings (SSSR count). The number of amides is 1. The number of nitrogens with one attached hydrogen (secondary N) is 1. The van der Waals surface area contributed by atoms with Gasteiger partial charge in [-0.25, -0.2) is 0 Å². The van der Waals surface area contributed by atoms with Gasteiger partial charge >= 0.3 is 0 Å². The van der Waals surface area contributed by atoms with Gasteiger partial charge < -0.3 is 20.6 Å². The number of nitrogens with zero attached hydrogens (tertiary/aromatic N) is 1. The normalized spacial score (nSPS) is 14.4. The van der Waals surface area contributed by atoms with E-state index in [4.69, 9.17) is 26.9 Å². The first-order chi connectivity index (χ1) is 9.95. The molecular weight excluding hydrogens is 294 g/mol. The first-order valence-corrected chi connectivity index (χ1v) is 6.86. The number of ether oxygens (including phenoxy) is 1. The van der Waals surface area contributed by atoms with E-state index in [1.54, 1.807) is 19.9 Å². The van der Waals surface area contributed by atoms with Gasteiger partial charge in [0.1, 0.15) is 6.10 Å². The van der Waals surface area contributed by atoms with Gasteiger partial charge in [0.25, 0.3) is 5.91 Å². The average molecular weight is 314 g/mol. The average Bonchev–Trinajstić information content (AvgIpc) is 2.50. The summed E-state index contributed by atoms with van der Waals surface area (Å²) in [6, 6.07) is 7.28. The molecule has 6 nitrogen and oxygen atoms in total. The zero-order valence-corrected chi connectivity index (χ0v) is 13.1. The number of oxime groups is 1. The summed E-state index contributed by atoms with van der Waals surface area (Å²) in [5.41, 5.74) is 6.44. The fraction of sp³-hybridized carbons (Fsp3) is 0.429. The quantitative estimate of drug-likeness (QED) is 0.455. The molecule has 0 heterocycles. The zero-order chi connectivity index (χ0) is 15.8. The Morgan fingerprint density at radius 2 is 2.05 bits per heavy atom. The molecular formula is C14H20ClN3O3. The summed E-state index contributed by atoms with van der Waals surface area (Å²) in [6.45, 7) is 3.63. The van der Waals surface area contributed by atoms with Crippen molar-refractivity contribution in [2.24, 2.45) is 10.9 Å². The molecule has 0 aliphatic carbocycles. The number of nitrogens with two attached hydrogens (primary N) is 1. The molecule has 0 saturated heterocycles. The summed E-state index contributed by atoms with van der Waals surface area (Å²) >= 11 is 6.01. The van der Waals surface area contributed by atoms with Crippen molar-refractivity contribution < 1.29 is 14.4 Å². The predicted octanol–water partition coefficient (Wildman–Crippen LogP) is 1.67. The van der Waals surface area contributed by atoms with Crippen molar-refractivity contribution in [3.63, 3.8) is 0 Å². The Balaban J connectivity index is 2.47. The van der Waals surface area contributed by atoms with Crippen molar-refractivity contribution in [2.75, 3.05) is 7.11 Å². The van der Waals surface area contributed by atoms with Gasteiger partial charge in [0.2, 0.25) is 6.10 Å². The number of benzene rings is 1. The van der Waals surface area contributed by atoms with E-state index in [-0.39, 0.29) is 17.8 Å². The minimum Gasteiger partial charge on any atom is -0.382 e. The highest BCUT2D eigenvalue weighted by atomic mass is 35.5. The van der Waals surface area contributed by atoms with Crippen LogP contribution in [0.15, 0.2) is 29.4 Å². The third-order valence-electron chi connectivity index (χ3n) is 2.87. The van der Waals surface area contributed by atoms with E-state index in [0.29, 0.717) is 11.6 Å². The Bertz CT molecular complexity index is 508. The molecule has 0 fully saturated rings. The van der Waals surface area contributed by atoms with Crippen LogP contribution in [-0.2, 0) is 20.9 Å². The van der Waals surface area contributed by atoms with Crippen LogP contribution in [-0.4, -0.2) is 31.1 Å². The van der Waals surface area contributed by atoms with Gasteiger partial charge in [0, 0.05) is 18.7 Å². The second kappa shape index (κ2) is 8.49. The molecule has 1 aromatic rings. The van der Waals surface area contributed by atoms with Crippen LogP contribution in [0.5, 0.6) is 0 Å². The van der Waals surface area contributed by atoms with E-state index in [9.17, 15) is 4.79 Å². The standard InChI is InChI=1S/C14H20ClN3O3/c1-9(20-3)13(16)18-21-10(2)14(19)17-8-11-6-4-5-7-12(11)15/h4-7,9-10H,8H2,1-3H3,(H2,16,18)(H,17,19)/t9-,10-/m1/s1. The molecule has 0 unspecified atom stereocenters. The van der Waals surface area contributed by atoms with Crippen molar-refractivity contribution >= 4 is 23.3 Å². The van der Waals surface area contributed by atoms with E-state index < -0.39 is 6.10 Å². The maximum atomic E-state index is 11.9. The van der Waals surface area contributed by atoms with Crippen molar-refractivity contribution in [3.8, 4) is 0 Å². The highest BCUT2D eigenvalue weighted by Gasteiger charge is 2.15. The van der Waals surface area contributed by atoms with E-state index in [0.717, 1.165) is 5.56 Å². The third-order valence-corrected chi connectivity index (χ3v) is 3.24. The second-order valence-corrected chi connectivity index (χ2v) is 4.86. The van der Waals surface area contributed by atoms with Crippen molar-refractivity contribution in [1.29, 1.82) is 0 Å². The molecule has 1 aromatic carbocycles. The Morgan fingerprint density at radius 3 is 2.67 bits per heavy atom. The molecule has 1 amide bonds. The molecule has 0 aromatic heterocycles. The van der Waals surface area contributed by atoms with Gasteiger partial charge in [0.15, 0.2) is 5.84 Å². The maximum Gasteiger partial charge on any atom is 0.263 e. The largest absolute Gasteiger partial charge is 0.382 e. The molecule has 0 aliphatic heterocycles. The van der Waals surface area contributed by atoms with Crippen LogP contribution in [0.25, 0.3) is 0 Å². The van der Waals surface area contributed by atoms with Gasteiger partial charge in [-0.15, -0.1) is 0 Å². The minimum atomic E-state index is -0.768. The lowest BCUT2D eigenvalue weighted by Gasteiger charge is -2.13. The summed E-state index contributed by atoms with van der Waals surface area (Å²) in [4.78, 5) is 16.9. The van der Waals surface area contributed by atoms with Crippen molar-refractivity contribution in [3.05, 3.63) is 34.9 Å². The SMILES string of the molecule is CO[C@H](C)/C(N)=N\O[C@H](C)C(=O)NCc1ccccc1Cl. The van der Waals surface area contributed by atoms with E-state index in [1.807, 2.05) is 18.2 Å². The first-order valence-electron chi connectivity index (χ1n) is 6.48. The second-order valence-electron chi connectivity index (χ2n) is 4.45. The fourth-order valence-electron chi connectivity index (χ4n) is 1.35. The molecule has 0 bridgehead atoms. The van der Waals surface area contributed by atoms with E-state index in [1.165, 1.54) is 7.11 Å². The lowest BCUT2D eigenvalue weighted by molar-refractivity contribution is -0.131. The number of halogens is 1. The lowest BCUT2D eigenvalue weighted by atomic mass is 10.2. The summed E-state index contributed by atoms with van der Waals surface area (Å²) in [7, 11) is 1.51. The van der Waals surface area contributed by atoms with Gasteiger partial charge in [-0.1, -0.05) is 35.0 Å². The van der Waals surface area contributed by atoms with Crippen LogP contribution in [0.2, 0.25) is 5.02 Å². The third kappa shape index (κ3) is 5.61. The molecule has 0 aliphatic rings. The number of amidine groups is 1. The van der Waals surface area contributed by atoms with Gasteiger partial charge in [-0.2, -0.15) is 0 Å². The fourth-order valence-corrected chi connectivity index (χ4v) is 1.55. The summed E-state index contributed by atoms with van der Waals surface area (Å²) in [6.07, 6.45) is -1.14. The predicted molar refractivity (Wildman–Crippen MR) is 81.9 cm³/mol. The van der Waals surface area contributed by atoms with Crippen molar-refractivity contribution in [1.82, 2.24) is 5.32 Å². The van der Waals surface area contributed by atoms with Crippen LogP contribution in [0, 0.1) is 0 Å². The topological polar surface area (TPSA) is 85.9 Å². The zero-order valence-electron chi connectivity index (χ0n) is 12.3. The van der Waals surface area contributed by atoms with Crippen LogP contribution in [0.1, 0.15) is 19.4 Å². The molecule has 2 atom stereocenters. The molecule has 7 heteroatoms. The number of carbonyl (C=O) groups is 1. The highest BCUT2D eigenvalue weighted by molar-refractivity contribution is 6.31. The summed E-state index contributed by atoms with van der Waals surface area (Å²) < 4.78 is 4.97. The monoisotopic (exact) mass is 313 g/mol.